The number of hydrogen-bond donors (Lipinski definition) is 4. The summed E-state index contributed by atoms with van der Waals surface area (Å²) in [7, 11) is 0. The van der Waals surface area contributed by atoms with E-state index in [9.17, 15) is 0 Å². The molecule has 0 aliphatic carbocycles. The van der Waals surface area contributed by atoms with Crippen molar-refractivity contribution in [3.05, 3.63) is 28.8 Å². The van der Waals surface area contributed by atoms with Gasteiger partial charge in [-0.3, -0.25) is 10.9 Å². The molecule has 0 bridgehead atoms. The molecule has 0 fully saturated rings. The zero-order chi connectivity index (χ0) is 13.5. The maximum absolute atomic E-state index is 6.02. The Balaban J connectivity index is 2.50. The first kappa shape index (κ1) is 14.9. The number of anilines is 1. The van der Waals surface area contributed by atoms with Crippen LogP contribution in [0.3, 0.4) is 0 Å². The number of thiocarbonyl (C=S) groups is 2. The molecule has 1 rings (SSSR count). The van der Waals surface area contributed by atoms with E-state index in [1.165, 1.54) is 0 Å². The van der Waals surface area contributed by atoms with E-state index >= 15 is 0 Å². The lowest BCUT2D eigenvalue weighted by atomic mass is 10.2. The van der Waals surface area contributed by atoms with Crippen molar-refractivity contribution in [2.24, 2.45) is 0 Å². The van der Waals surface area contributed by atoms with Gasteiger partial charge >= 0.3 is 0 Å². The molecule has 18 heavy (non-hydrogen) atoms. The highest BCUT2D eigenvalue weighted by atomic mass is 35.5. The van der Waals surface area contributed by atoms with Gasteiger partial charge in [0.05, 0.1) is 0 Å². The molecule has 0 amide bonds. The monoisotopic (exact) mass is 302 g/mol. The Hall–Kier alpha value is -1.11. The van der Waals surface area contributed by atoms with Gasteiger partial charge in [0.2, 0.25) is 0 Å². The summed E-state index contributed by atoms with van der Waals surface area (Å²) in [6, 6.07) is 5.59. The Morgan fingerprint density at radius 3 is 2.56 bits per heavy atom. The lowest BCUT2D eigenvalue weighted by Crippen LogP contribution is -2.48. The quantitative estimate of drug-likeness (QED) is 0.497. The number of hydrogen-bond acceptors (Lipinski definition) is 2. The lowest BCUT2D eigenvalue weighted by Gasteiger charge is -2.15. The van der Waals surface area contributed by atoms with E-state index < -0.39 is 0 Å². The molecule has 0 unspecified atom stereocenters. The van der Waals surface area contributed by atoms with Crippen molar-refractivity contribution in [3.8, 4) is 0 Å². The van der Waals surface area contributed by atoms with E-state index in [2.05, 4.69) is 21.5 Å². The van der Waals surface area contributed by atoms with Crippen molar-refractivity contribution in [1.82, 2.24) is 16.2 Å². The number of benzene rings is 1. The van der Waals surface area contributed by atoms with Crippen LogP contribution in [0.15, 0.2) is 18.2 Å². The van der Waals surface area contributed by atoms with Crippen LogP contribution >= 0.6 is 36.0 Å². The predicted octanol–water partition coefficient (Wildman–Crippen LogP) is 2.33. The Labute approximate surface area is 122 Å². The van der Waals surface area contributed by atoms with Crippen LogP contribution in [0.5, 0.6) is 0 Å². The number of nitrogens with one attached hydrogen (secondary N) is 4. The smallest absolute Gasteiger partial charge is 0.189 e. The molecule has 0 atom stereocenters. The number of hydrazine groups is 1. The molecule has 1 aromatic rings. The van der Waals surface area contributed by atoms with Crippen molar-refractivity contribution in [2.75, 3.05) is 11.9 Å². The maximum Gasteiger partial charge on any atom is 0.189 e. The summed E-state index contributed by atoms with van der Waals surface area (Å²) in [5, 5.41) is 7.57. The van der Waals surface area contributed by atoms with Gasteiger partial charge in [-0.05, 0) is 56.0 Å². The molecule has 0 spiro atoms. The molecule has 0 aliphatic rings. The molecule has 4 N–H and O–H groups in total. The van der Waals surface area contributed by atoms with Crippen LogP contribution in [0.4, 0.5) is 5.69 Å². The fraction of sp³-hybridized carbons (Fsp3) is 0.273. The Bertz CT molecular complexity index is 451. The fourth-order valence-electron chi connectivity index (χ4n) is 1.21. The lowest BCUT2D eigenvalue weighted by molar-refractivity contribution is 0.825. The van der Waals surface area contributed by atoms with Gasteiger partial charge in [0, 0.05) is 17.3 Å². The molecule has 0 aliphatic heterocycles. The number of rotatable bonds is 2. The topological polar surface area (TPSA) is 48.1 Å². The van der Waals surface area contributed by atoms with Crippen LogP contribution in [-0.2, 0) is 0 Å². The van der Waals surface area contributed by atoms with E-state index in [0.29, 0.717) is 15.2 Å². The minimum Gasteiger partial charge on any atom is -0.362 e. The molecule has 0 saturated heterocycles. The van der Waals surface area contributed by atoms with Crippen molar-refractivity contribution < 1.29 is 0 Å². The van der Waals surface area contributed by atoms with Crippen molar-refractivity contribution in [3.63, 3.8) is 0 Å². The minimum atomic E-state index is 0.417. The molecule has 4 nitrogen and oxygen atoms in total. The van der Waals surface area contributed by atoms with E-state index in [4.69, 9.17) is 36.0 Å². The molecule has 0 aromatic heterocycles. The SMILES string of the molecule is CCNC(=S)NNC(=S)Nc1cccc(Cl)c1C. The highest BCUT2D eigenvalue weighted by Crippen LogP contribution is 2.22. The Kier molecular flexibility index (Phi) is 6.11. The largest absolute Gasteiger partial charge is 0.362 e. The van der Waals surface area contributed by atoms with Gasteiger partial charge in [0.15, 0.2) is 10.2 Å². The van der Waals surface area contributed by atoms with Crippen LogP contribution in [0.1, 0.15) is 12.5 Å². The average molecular weight is 303 g/mol. The normalized spacial score (nSPS) is 9.50. The standard InChI is InChI=1S/C11H15ClN4S2/c1-3-13-10(17)15-16-11(18)14-9-6-4-5-8(12)7(9)2/h4-6H,3H2,1-2H3,(H2,13,15,17)(H2,14,16,18). The Morgan fingerprint density at radius 1 is 1.22 bits per heavy atom. The van der Waals surface area contributed by atoms with Gasteiger partial charge in [0.25, 0.3) is 0 Å². The highest BCUT2D eigenvalue weighted by molar-refractivity contribution is 7.80. The van der Waals surface area contributed by atoms with E-state index in [0.717, 1.165) is 17.8 Å². The average Bonchev–Trinajstić information content (AvgIpc) is 2.33. The first-order chi connectivity index (χ1) is 8.54. The van der Waals surface area contributed by atoms with Gasteiger partial charge in [0.1, 0.15) is 0 Å². The highest BCUT2D eigenvalue weighted by Gasteiger charge is 2.03. The second kappa shape index (κ2) is 7.35. The first-order valence-electron chi connectivity index (χ1n) is 5.40. The molecule has 1 aromatic carbocycles. The zero-order valence-electron chi connectivity index (χ0n) is 10.1. The van der Waals surface area contributed by atoms with Gasteiger partial charge in [-0.25, -0.2) is 0 Å². The maximum atomic E-state index is 6.02. The summed E-state index contributed by atoms with van der Waals surface area (Å²) in [6.07, 6.45) is 0. The molecule has 0 saturated carbocycles. The predicted molar refractivity (Wildman–Crippen MR) is 85.0 cm³/mol. The molecule has 7 heteroatoms. The van der Waals surface area contributed by atoms with Crippen molar-refractivity contribution in [1.29, 1.82) is 0 Å². The van der Waals surface area contributed by atoms with Gasteiger partial charge in [-0.1, -0.05) is 17.7 Å². The van der Waals surface area contributed by atoms with Crippen LogP contribution < -0.4 is 21.5 Å². The molecule has 0 radical (unpaired) electrons. The third-order valence-electron chi connectivity index (χ3n) is 2.14. The van der Waals surface area contributed by atoms with Crippen molar-refractivity contribution >= 4 is 51.9 Å². The molecular weight excluding hydrogens is 288 g/mol. The summed E-state index contributed by atoms with van der Waals surface area (Å²) in [6.45, 7) is 4.63. The third kappa shape index (κ3) is 4.64. The first-order valence-corrected chi connectivity index (χ1v) is 6.60. The van der Waals surface area contributed by atoms with Crippen LogP contribution in [0, 0.1) is 6.92 Å². The van der Waals surface area contributed by atoms with Crippen molar-refractivity contribution in [2.45, 2.75) is 13.8 Å². The molecule has 98 valence electrons. The summed E-state index contributed by atoms with van der Waals surface area (Å²) in [4.78, 5) is 0. The fourth-order valence-corrected chi connectivity index (χ4v) is 1.75. The second-order valence-corrected chi connectivity index (χ2v) is 4.70. The number of halogens is 1. The van der Waals surface area contributed by atoms with Gasteiger partial charge in [-0.2, -0.15) is 0 Å². The van der Waals surface area contributed by atoms with Crippen LogP contribution in [-0.4, -0.2) is 16.8 Å². The van der Waals surface area contributed by atoms with E-state index in [-0.39, 0.29) is 0 Å². The molecule has 0 heterocycles. The summed E-state index contributed by atoms with van der Waals surface area (Å²) in [5.41, 5.74) is 7.36. The minimum absolute atomic E-state index is 0.417. The summed E-state index contributed by atoms with van der Waals surface area (Å²) in [5.74, 6) is 0. The van der Waals surface area contributed by atoms with Crippen LogP contribution in [0.2, 0.25) is 5.02 Å². The summed E-state index contributed by atoms with van der Waals surface area (Å²) < 4.78 is 0. The Morgan fingerprint density at radius 2 is 1.89 bits per heavy atom. The van der Waals surface area contributed by atoms with Crippen LogP contribution in [0.25, 0.3) is 0 Å². The molecular formula is C11H15ClN4S2. The van der Waals surface area contributed by atoms with E-state index in [1.807, 2.05) is 32.0 Å². The van der Waals surface area contributed by atoms with Gasteiger partial charge < -0.3 is 10.6 Å². The van der Waals surface area contributed by atoms with E-state index in [1.54, 1.807) is 0 Å². The zero-order valence-corrected chi connectivity index (χ0v) is 12.5. The second-order valence-electron chi connectivity index (χ2n) is 3.48. The summed E-state index contributed by atoms with van der Waals surface area (Å²) >= 11 is 16.1. The van der Waals surface area contributed by atoms with Gasteiger partial charge in [-0.15, -0.1) is 0 Å². The third-order valence-corrected chi connectivity index (χ3v) is 3.00.